The third kappa shape index (κ3) is 3.43. The Kier molecular flexibility index (Phi) is 3.81. The monoisotopic (exact) mass is 268 g/mol. The highest BCUT2D eigenvalue weighted by Crippen LogP contribution is 2.30. The van der Waals surface area contributed by atoms with Gasteiger partial charge in [-0.25, -0.2) is 4.98 Å². The van der Waals surface area contributed by atoms with Gasteiger partial charge in [-0.15, -0.1) is 0 Å². The maximum absolute atomic E-state index is 11.7. The standard InChI is InChI=1S/C12H13ClN2O3/c1-7(18-12(17)8-2-3-8)11(16)15-10-5-4-9(13)6-14-10/h4-8H,2-3H2,1H3,(H,14,15,16)/t7-/m1/s1. The molecule has 1 aromatic heterocycles. The molecule has 1 fully saturated rings. The van der Waals surface area contributed by atoms with Crippen molar-refractivity contribution in [2.75, 3.05) is 5.32 Å². The van der Waals surface area contributed by atoms with Crippen molar-refractivity contribution < 1.29 is 14.3 Å². The zero-order valence-corrected chi connectivity index (χ0v) is 10.6. The summed E-state index contributed by atoms with van der Waals surface area (Å²) in [5, 5.41) is 3.03. The van der Waals surface area contributed by atoms with E-state index in [-0.39, 0.29) is 11.9 Å². The topological polar surface area (TPSA) is 68.3 Å². The number of nitrogens with zero attached hydrogens (tertiary/aromatic N) is 1. The van der Waals surface area contributed by atoms with E-state index in [4.69, 9.17) is 16.3 Å². The number of halogens is 1. The Balaban J connectivity index is 1.86. The van der Waals surface area contributed by atoms with Crippen LogP contribution in [0.1, 0.15) is 19.8 Å². The molecule has 0 spiro atoms. The van der Waals surface area contributed by atoms with Crippen molar-refractivity contribution in [2.24, 2.45) is 5.92 Å². The van der Waals surface area contributed by atoms with E-state index in [1.807, 2.05) is 0 Å². The molecule has 0 saturated heterocycles. The first-order valence-electron chi connectivity index (χ1n) is 5.69. The lowest BCUT2D eigenvalue weighted by atomic mass is 10.3. The fraction of sp³-hybridized carbons (Fsp3) is 0.417. The Morgan fingerprint density at radius 2 is 2.22 bits per heavy atom. The lowest BCUT2D eigenvalue weighted by Crippen LogP contribution is -2.30. The summed E-state index contributed by atoms with van der Waals surface area (Å²) in [6.07, 6.45) is 2.31. The van der Waals surface area contributed by atoms with Crippen molar-refractivity contribution in [3.63, 3.8) is 0 Å². The van der Waals surface area contributed by atoms with E-state index in [9.17, 15) is 9.59 Å². The Morgan fingerprint density at radius 1 is 1.50 bits per heavy atom. The highest BCUT2D eigenvalue weighted by Gasteiger charge is 2.33. The van der Waals surface area contributed by atoms with Crippen molar-refractivity contribution in [2.45, 2.75) is 25.9 Å². The van der Waals surface area contributed by atoms with Gasteiger partial charge in [0.2, 0.25) is 0 Å². The first kappa shape index (κ1) is 12.8. The molecule has 1 aliphatic rings. The molecule has 18 heavy (non-hydrogen) atoms. The molecule has 1 aliphatic carbocycles. The number of carbonyl (C=O) groups is 2. The molecule has 96 valence electrons. The van der Waals surface area contributed by atoms with Crippen LogP contribution in [0.15, 0.2) is 18.3 Å². The molecule has 1 heterocycles. The van der Waals surface area contributed by atoms with Gasteiger partial charge in [0.25, 0.3) is 5.91 Å². The molecule has 1 aromatic rings. The molecule has 0 radical (unpaired) electrons. The number of aromatic nitrogens is 1. The van der Waals surface area contributed by atoms with Crippen LogP contribution in [0.3, 0.4) is 0 Å². The van der Waals surface area contributed by atoms with Gasteiger partial charge in [-0.2, -0.15) is 0 Å². The van der Waals surface area contributed by atoms with Gasteiger partial charge in [0, 0.05) is 6.20 Å². The van der Waals surface area contributed by atoms with Gasteiger partial charge < -0.3 is 10.1 Å². The van der Waals surface area contributed by atoms with Gasteiger partial charge in [-0.1, -0.05) is 11.6 Å². The van der Waals surface area contributed by atoms with Crippen LogP contribution in [0.4, 0.5) is 5.82 Å². The average Bonchev–Trinajstić information content (AvgIpc) is 3.16. The van der Waals surface area contributed by atoms with Crippen molar-refractivity contribution in [3.05, 3.63) is 23.4 Å². The van der Waals surface area contributed by atoms with Crippen molar-refractivity contribution in [1.82, 2.24) is 4.98 Å². The first-order chi connectivity index (χ1) is 8.56. The van der Waals surface area contributed by atoms with E-state index in [1.54, 1.807) is 12.1 Å². The number of amides is 1. The van der Waals surface area contributed by atoms with E-state index in [1.165, 1.54) is 13.1 Å². The Hall–Kier alpha value is -1.62. The molecule has 0 aliphatic heterocycles. The lowest BCUT2D eigenvalue weighted by molar-refractivity contribution is -0.154. The highest BCUT2D eigenvalue weighted by atomic mass is 35.5. The molecular weight excluding hydrogens is 256 g/mol. The molecule has 6 heteroatoms. The Morgan fingerprint density at radius 3 is 2.78 bits per heavy atom. The number of hydrogen-bond acceptors (Lipinski definition) is 4. The predicted molar refractivity (Wildman–Crippen MR) is 66.2 cm³/mol. The maximum Gasteiger partial charge on any atom is 0.309 e. The molecular formula is C12H13ClN2O3. The number of hydrogen-bond donors (Lipinski definition) is 1. The number of carbonyl (C=O) groups excluding carboxylic acids is 2. The van der Waals surface area contributed by atoms with Gasteiger partial charge in [0.1, 0.15) is 5.82 Å². The van der Waals surface area contributed by atoms with E-state index < -0.39 is 12.0 Å². The molecule has 1 amide bonds. The number of ether oxygens (including phenoxy) is 1. The number of anilines is 1. The molecule has 2 rings (SSSR count). The molecule has 1 N–H and O–H groups in total. The Bertz CT molecular complexity index is 457. The molecule has 5 nitrogen and oxygen atoms in total. The highest BCUT2D eigenvalue weighted by molar-refractivity contribution is 6.30. The first-order valence-corrected chi connectivity index (χ1v) is 6.07. The number of esters is 1. The van der Waals surface area contributed by atoms with E-state index in [2.05, 4.69) is 10.3 Å². The average molecular weight is 269 g/mol. The van der Waals surface area contributed by atoms with E-state index in [0.29, 0.717) is 10.8 Å². The molecule has 0 aromatic carbocycles. The van der Waals surface area contributed by atoms with Gasteiger partial charge in [-0.05, 0) is 31.9 Å². The zero-order valence-electron chi connectivity index (χ0n) is 9.85. The van der Waals surface area contributed by atoms with Crippen LogP contribution in [0.25, 0.3) is 0 Å². The van der Waals surface area contributed by atoms with Crippen molar-refractivity contribution in [3.8, 4) is 0 Å². The minimum atomic E-state index is -0.824. The van der Waals surface area contributed by atoms with E-state index >= 15 is 0 Å². The smallest absolute Gasteiger partial charge is 0.309 e. The van der Waals surface area contributed by atoms with Crippen LogP contribution < -0.4 is 5.32 Å². The number of nitrogens with one attached hydrogen (secondary N) is 1. The fourth-order valence-electron chi connectivity index (χ4n) is 1.32. The number of rotatable bonds is 4. The minimum Gasteiger partial charge on any atom is -0.452 e. The summed E-state index contributed by atoms with van der Waals surface area (Å²) in [6, 6.07) is 3.20. The normalized spacial score (nSPS) is 15.9. The quantitative estimate of drug-likeness (QED) is 0.848. The largest absolute Gasteiger partial charge is 0.452 e. The van der Waals surface area contributed by atoms with Crippen molar-refractivity contribution in [1.29, 1.82) is 0 Å². The molecule has 1 saturated carbocycles. The van der Waals surface area contributed by atoms with Gasteiger partial charge in [0.05, 0.1) is 10.9 Å². The summed E-state index contributed by atoms with van der Waals surface area (Å²) < 4.78 is 5.03. The molecule has 0 bridgehead atoms. The molecule has 1 atom stereocenters. The summed E-state index contributed by atoms with van der Waals surface area (Å²) in [7, 11) is 0. The van der Waals surface area contributed by atoms with Crippen LogP contribution in [0, 0.1) is 5.92 Å². The van der Waals surface area contributed by atoms with Crippen LogP contribution in [0.5, 0.6) is 0 Å². The van der Waals surface area contributed by atoms with Crippen LogP contribution in [-0.2, 0) is 14.3 Å². The van der Waals surface area contributed by atoms with Crippen LogP contribution in [0.2, 0.25) is 5.02 Å². The third-order valence-electron chi connectivity index (χ3n) is 2.55. The van der Waals surface area contributed by atoms with Crippen LogP contribution >= 0.6 is 11.6 Å². The van der Waals surface area contributed by atoms with E-state index in [0.717, 1.165) is 12.8 Å². The summed E-state index contributed by atoms with van der Waals surface area (Å²) in [4.78, 5) is 27.0. The molecule has 0 unspecified atom stereocenters. The zero-order chi connectivity index (χ0) is 13.1. The van der Waals surface area contributed by atoms with Gasteiger partial charge in [-0.3, -0.25) is 9.59 Å². The summed E-state index contributed by atoms with van der Waals surface area (Å²) >= 11 is 5.68. The maximum atomic E-state index is 11.7. The van der Waals surface area contributed by atoms with Gasteiger partial charge >= 0.3 is 5.97 Å². The fourth-order valence-corrected chi connectivity index (χ4v) is 1.43. The minimum absolute atomic E-state index is 0.0195. The summed E-state index contributed by atoms with van der Waals surface area (Å²) in [5.74, 6) is -0.354. The second-order valence-corrected chi connectivity index (χ2v) is 4.64. The van der Waals surface area contributed by atoms with Crippen LogP contribution in [-0.4, -0.2) is 23.0 Å². The predicted octanol–water partition coefficient (Wildman–Crippen LogP) is 2.02. The Labute approximate surface area is 109 Å². The summed E-state index contributed by atoms with van der Waals surface area (Å²) in [6.45, 7) is 1.53. The third-order valence-corrected chi connectivity index (χ3v) is 2.78. The second-order valence-electron chi connectivity index (χ2n) is 4.20. The number of pyridine rings is 1. The van der Waals surface area contributed by atoms with Crippen molar-refractivity contribution >= 4 is 29.3 Å². The SMILES string of the molecule is C[C@@H](OC(=O)C1CC1)C(=O)Nc1ccc(Cl)cn1. The summed E-state index contributed by atoms with van der Waals surface area (Å²) in [5.41, 5.74) is 0. The second kappa shape index (κ2) is 5.35. The lowest BCUT2D eigenvalue weighted by Gasteiger charge is -2.12. The van der Waals surface area contributed by atoms with Gasteiger partial charge in [0.15, 0.2) is 6.10 Å².